The van der Waals surface area contributed by atoms with Crippen molar-refractivity contribution in [2.24, 2.45) is 0 Å². The van der Waals surface area contributed by atoms with Crippen molar-refractivity contribution in [2.45, 2.75) is 13.5 Å². The van der Waals surface area contributed by atoms with Crippen molar-refractivity contribution in [3.63, 3.8) is 0 Å². The Hall–Kier alpha value is -2.95. The van der Waals surface area contributed by atoms with Crippen LogP contribution in [0.4, 0.5) is 0 Å². The van der Waals surface area contributed by atoms with Crippen molar-refractivity contribution >= 4 is 5.91 Å². The molecule has 0 atom stereocenters. The molecule has 5 heteroatoms. The number of hydrogen-bond acceptors (Lipinski definition) is 4. The summed E-state index contributed by atoms with van der Waals surface area (Å²) >= 11 is 0. The molecule has 0 aliphatic carbocycles. The minimum absolute atomic E-state index is 0.131. The first-order valence-electron chi connectivity index (χ1n) is 6.93. The Morgan fingerprint density at radius 1 is 1.18 bits per heavy atom. The number of carbonyl (C=O) groups excluding carboxylic acids is 1. The van der Waals surface area contributed by atoms with Crippen molar-refractivity contribution in [3.8, 4) is 11.1 Å². The lowest BCUT2D eigenvalue weighted by Crippen LogP contribution is -2.23. The smallest absolute Gasteiger partial charge is 0.252 e. The molecule has 0 saturated carbocycles. The van der Waals surface area contributed by atoms with Gasteiger partial charge in [0, 0.05) is 30.1 Å². The number of rotatable bonds is 4. The number of carbonyl (C=O) groups is 1. The van der Waals surface area contributed by atoms with Crippen molar-refractivity contribution in [1.82, 2.24) is 15.5 Å². The van der Waals surface area contributed by atoms with E-state index in [1.54, 1.807) is 18.7 Å². The first-order valence-corrected chi connectivity index (χ1v) is 6.93. The zero-order chi connectivity index (χ0) is 15.4. The topological polar surface area (TPSA) is 68.0 Å². The molecule has 2 heterocycles. The van der Waals surface area contributed by atoms with Gasteiger partial charge in [-0.3, -0.25) is 9.78 Å². The van der Waals surface area contributed by atoms with Crippen LogP contribution in [0, 0.1) is 6.92 Å². The van der Waals surface area contributed by atoms with E-state index in [9.17, 15) is 4.79 Å². The van der Waals surface area contributed by atoms with Crippen LogP contribution >= 0.6 is 0 Å². The second kappa shape index (κ2) is 6.22. The quantitative estimate of drug-likeness (QED) is 0.803. The van der Waals surface area contributed by atoms with E-state index in [0.717, 1.165) is 22.4 Å². The molecule has 0 bridgehead atoms. The van der Waals surface area contributed by atoms with E-state index in [1.165, 1.54) is 0 Å². The summed E-state index contributed by atoms with van der Waals surface area (Å²) in [5, 5.41) is 6.70. The molecule has 3 rings (SSSR count). The summed E-state index contributed by atoms with van der Waals surface area (Å²) in [5.41, 5.74) is 4.12. The van der Waals surface area contributed by atoms with Gasteiger partial charge in [0.05, 0.1) is 5.69 Å². The van der Waals surface area contributed by atoms with Gasteiger partial charge in [0.25, 0.3) is 5.91 Å². The van der Waals surface area contributed by atoms with E-state index in [1.807, 2.05) is 43.3 Å². The van der Waals surface area contributed by atoms with Crippen LogP contribution in [0.2, 0.25) is 0 Å². The predicted molar refractivity (Wildman–Crippen MR) is 82.1 cm³/mol. The number of aromatic nitrogens is 2. The van der Waals surface area contributed by atoms with Crippen LogP contribution in [0.3, 0.4) is 0 Å². The summed E-state index contributed by atoms with van der Waals surface area (Å²) in [6, 6.07) is 11.3. The van der Waals surface area contributed by atoms with Gasteiger partial charge in [-0.2, -0.15) is 0 Å². The average molecular weight is 293 g/mol. The molecule has 22 heavy (non-hydrogen) atoms. The minimum atomic E-state index is -0.131. The van der Waals surface area contributed by atoms with Crippen molar-refractivity contribution in [3.05, 3.63) is 71.9 Å². The third-order valence-corrected chi connectivity index (χ3v) is 3.45. The molecule has 0 aliphatic rings. The van der Waals surface area contributed by atoms with Crippen LogP contribution in [-0.2, 0) is 6.54 Å². The lowest BCUT2D eigenvalue weighted by Gasteiger charge is -2.10. The maximum atomic E-state index is 12.5. The van der Waals surface area contributed by atoms with Gasteiger partial charge in [-0.05, 0) is 36.2 Å². The molecule has 0 spiro atoms. The first-order chi connectivity index (χ1) is 10.8. The highest BCUT2D eigenvalue weighted by Gasteiger charge is 2.13. The summed E-state index contributed by atoms with van der Waals surface area (Å²) in [6.45, 7) is 2.23. The zero-order valence-corrected chi connectivity index (χ0v) is 12.1. The van der Waals surface area contributed by atoms with Gasteiger partial charge in [-0.15, -0.1) is 0 Å². The lowest BCUT2D eigenvalue weighted by atomic mass is 10.00. The molecular weight excluding hydrogens is 278 g/mol. The van der Waals surface area contributed by atoms with E-state index in [0.29, 0.717) is 12.1 Å². The van der Waals surface area contributed by atoms with Crippen LogP contribution in [0.15, 0.2) is 59.6 Å². The molecule has 110 valence electrons. The fraction of sp³-hybridized carbons (Fsp3) is 0.118. The van der Waals surface area contributed by atoms with E-state index < -0.39 is 0 Å². The molecule has 0 unspecified atom stereocenters. The van der Waals surface area contributed by atoms with E-state index in [-0.39, 0.29) is 5.91 Å². The minimum Gasteiger partial charge on any atom is -0.364 e. The maximum Gasteiger partial charge on any atom is 0.252 e. The SMILES string of the molecule is Cc1nocc1CNC(=O)c1ccccc1-c1ccncc1. The third kappa shape index (κ3) is 2.88. The highest BCUT2D eigenvalue weighted by atomic mass is 16.5. The predicted octanol–water partition coefficient (Wildman–Crippen LogP) is 2.98. The van der Waals surface area contributed by atoms with Crippen LogP contribution in [0.1, 0.15) is 21.6 Å². The highest BCUT2D eigenvalue weighted by molar-refractivity contribution is 6.00. The standard InChI is InChI=1S/C17H15N3O2/c1-12-14(11-22-20-12)10-19-17(21)16-5-3-2-4-15(16)13-6-8-18-9-7-13/h2-9,11H,10H2,1H3,(H,19,21). The average Bonchev–Trinajstić information content (AvgIpc) is 2.98. The Labute approximate surface area is 128 Å². The van der Waals surface area contributed by atoms with Gasteiger partial charge < -0.3 is 9.84 Å². The largest absolute Gasteiger partial charge is 0.364 e. The third-order valence-electron chi connectivity index (χ3n) is 3.45. The van der Waals surface area contributed by atoms with Crippen LogP contribution in [-0.4, -0.2) is 16.0 Å². The Kier molecular flexibility index (Phi) is 3.96. The summed E-state index contributed by atoms with van der Waals surface area (Å²) in [6.07, 6.45) is 4.97. The number of pyridine rings is 1. The van der Waals surface area contributed by atoms with Crippen molar-refractivity contribution in [1.29, 1.82) is 0 Å². The monoisotopic (exact) mass is 293 g/mol. The Bertz CT molecular complexity index is 781. The van der Waals surface area contributed by atoms with Gasteiger partial charge in [-0.25, -0.2) is 0 Å². The Morgan fingerprint density at radius 2 is 1.95 bits per heavy atom. The van der Waals surface area contributed by atoms with E-state index in [2.05, 4.69) is 15.5 Å². The summed E-state index contributed by atoms with van der Waals surface area (Å²) in [7, 11) is 0. The molecule has 1 N–H and O–H groups in total. The second-order valence-electron chi connectivity index (χ2n) is 4.89. The second-order valence-corrected chi connectivity index (χ2v) is 4.89. The van der Waals surface area contributed by atoms with Gasteiger partial charge in [0.15, 0.2) is 0 Å². The molecule has 0 aliphatic heterocycles. The number of amides is 1. The number of aryl methyl sites for hydroxylation is 1. The normalized spacial score (nSPS) is 10.4. The zero-order valence-electron chi connectivity index (χ0n) is 12.1. The first kappa shape index (κ1) is 14.0. The maximum absolute atomic E-state index is 12.5. The number of hydrogen-bond donors (Lipinski definition) is 1. The van der Waals surface area contributed by atoms with Gasteiger partial charge in [0.2, 0.25) is 0 Å². The molecule has 0 fully saturated rings. The fourth-order valence-corrected chi connectivity index (χ4v) is 2.22. The summed E-state index contributed by atoms with van der Waals surface area (Å²) in [4.78, 5) is 16.5. The van der Waals surface area contributed by atoms with E-state index >= 15 is 0 Å². The highest BCUT2D eigenvalue weighted by Crippen LogP contribution is 2.22. The van der Waals surface area contributed by atoms with Gasteiger partial charge in [-0.1, -0.05) is 23.4 Å². The Morgan fingerprint density at radius 3 is 2.68 bits per heavy atom. The molecule has 5 nitrogen and oxygen atoms in total. The molecule has 1 aromatic carbocycles. The summed E-state index contributed by atoms with van der Waals surface area (Å²) in [5.74, 6) is -0.131. The van der Waals surface area contributed by atoms with Crippen molar-refractivity contribution < 1.29 is 9.32 Å². The van der Waals surface area contributed by atoms with Crippen LogP contribution in [0.25, 0.3) is 11.1 Å². The van der Waals surface area contributed by atoms with Crippen LogP contribution < -0.4 is 5.32 Å². The number of benzene rings is 1. The molecule has 3 aromatic rings. The molecule has 1 amide bonds. The Balaban J connectivity index is 1.83. The van der Waals surface area contributed by atoms with Gasteiger partial charge in [0.1, 0.15) is 6.26 Å². The fourth-order valence-electron chi connectivity index (χ4n) is 2.22. The lowest BCUT2D eigenvalue weighted by molar-refractivity contribution is 0.0951. The summed E-state index contributed by atoms with van der Waals surface area (Å²) < 4.78 is 4.87. The van der Waals surface area contributed by atoms with Crippen LogP contribution in [0.5, 0.6) is 0 Å². The number of nitrogens with zero attached hydrogens (tertiary/aromatic N) is 2. The molecule has 0 radical (unpaired) electrons. The molecule has 0 saturated heterocycles. The number of nitrogens with one attached hydrogen (secondary N) is 1. The van der Waals surface area contributed by atoms with Gasteiger partial charge >= 0.3 is 0 Å². The van der Waals surface area contributed by atoms with Crippen molar-refractivity contribution in [2.75, 3.05) is 0 Å². The molecule has 2 aromatic heterocycles. The molecular formula is C17H15N3O2. The van der Waals surface area contributed by atoms with E-state index in [4.69, 9.17) is 4.52 Å².